The first-order chi connectivity index (χ1) is 8.97. The van der Waals surface area contributed by atoms with Gasteiger partial charge >= 0.3 is 0 Å². The Hall–Kier alpha value is -1.15. The maximum atomic E-state index is 12.2. The summed E-state index contributed by atoms with van der Waals surface area (Å²) >= 11 is 0. The number of piperidine rings is 1. The van der Waals surface area contributed by atoms with Gasteiger partial charge in [0.15, 0.2) is 5.78 Å². The molecule has 1 heterocycles. The van der Waals surface area contributed by atoms with E-state index in [0.717, 1.165) is 12.1 Å². The Morgan fingerprint density at radius 2 is 1.63 bits per heavy atom. The number of nitrogens with zero attached hydrogens (tertiary/aromatic N) is 1. The maximum Gasteiger partial charge on any atom is 0.168 e. The molecule has 2 heteroatoms. The average Bonchev–Trinajstić information content (AvgIpc) is 2.39. The summed E-state index contributed by atoms with van der Waals surface area (Å²) in [5.41, 5.74) is 1.84. The van der Waals surface area contributed by atoms with E-state index in [1.807, 2.05) is 32.9 Å². The average molecular weight is 259 g/mol. The van der Waals surface area contributed by atoms with E-state index in [9.17, 15) is 4.79 Å². The molecule has 0 atom stereocenters. The topological polar surface area (TPSA) is 20.3 Å². The number of carbonyl (C=O) groups excluding carboxylic acids is 1. The fraction of sp³-hybridized carbons (Fsp3) is 0.588. The molecule has 2 nitrogen and oxygen atoms in total. The first-order valence-electron chi connectivity index (χ1n) is 7.33. The zero-order chi connectivity index (χ0) is 13.9. The van der Waals surface area contributed by atoms with Crippen LogP contribution in [-0.4, -0.2) is 23.8 Å². The SMILES string of the molecule is CC(C)(C)C(=O)c1ccc(CN2CCCCC2)cc1. The van der Waals surface area contributed by atoms with Gasteiger partial charge in [0, 0.05) is 17.5 Å². The Balaban J connectivity index is 2.00. The second-order valence-corrected chi connectivity index (χ2v) is 6.61. The Morgan fingerprint density at radius 1 is 1.05 bits per heavy atom. The molecule has 0 spiro atoms. The number of ketones is 1. The molecular formula is C17H25NO. The number of rotatable bonds is 3. The number of benzene rings is 1. The van der Waals surface area contributed by atoms with E-state index in [-0.39, 0.29) is 11.2 Å². The maximum absolute atomic E-state index is 12.2. The third-order valence-corrected chi connectivity index (χ3v) is 3.75. The second kappa shape index (κ2) is 5.87. The highest BCUT2D eigenvalue weighted by Crippen LogP contribution is 2.21. The van der Waals surface area contributed by atoms with Crippen LogP contribution >= 0.6 is 0 Å². The lowest BCUT2D eigenvalue weighted by atomic mass is 9.86. The third kappa shape index (κ3) is 3.90. The molecular weight excluding hydrogens is 234 g/mol. The molecule has 0 N–H and O–H groups in total. The van der Waals surface area contributed by atoms with E-state index < -0.39 is 0 Å². The van der Waals surface area contributed by atoms with Crippen molar-refractivity contribution in [2.24, 2.45) is 5.41 Å². The first kappa shape index (κ1) is 14.3. The fourth-order valence-corrected chi connectivity index (χ4v) is 2.57. The molecule has 1 aliphatic rings. The number of hydrogen-bond donors (Lipinski definition) is 0. The van der Waals surface area contributed by atoms with Crippen molar-refractivity contribution < 1.29 is 4.79 Å². The van der Waals surface area contributed by atoms with Crippen molar-refractivity contribution in [2.75, 3.05) is 13.1 Å². The van der Waals surface area contributed by atoms with Crippen LogP contribution in [0, 0.1) is 5.41 Å². The van der Waals surface area contributed by atoms with Crippen LogP contribution in [0.3, 0.4) is 0 Å². The van der Waals surface area contributed by atoms with Crippen LogP contribution in [0.15, 0.2) is 24.3 Å². The van der Waals surface area contributed by atoms with Gasteiger partial charge in [-0.3, -0.25) is 9.69 Å². The van der Waals surface area contributed by atoms with Crippen LogP contribution in [0.1, 0.15) is 56.0 Å². The Morgan fingerprint density at radius 3 is 2.16 bits per heavy atom. The molecule has 0 bridgehead atoms. The Kier molecular flexibility index (Phi) is 4.41. The molecule has 1 fully saturated rings. The van der Waals surface area contributed by atoms with Gasteiger partial charge in [-0.1, -0.05) is 51.5 Å². The highest BCUT2D eigenvalue weighted by Gasteiger charge is 2.22. The molecule has 1 aliphatic heterocycles. The summed E-state index contributed by atoms with van der Waals surface area (Å²) < 4.78 is 0. The van der Waals surface area contributed by atoms with Crippen molar-refractivity contribution in [1.82, 2.24) is 4.90 Å². The van der Waals surface area contributed by atoms with Gasteiger partial charge in [-0.05, 0) is 31.5 Å². The summed E-state index contributed by atoms with van der Waals surface area (Å²) in [5.74, 6) is 0.219. The van der Waals surface area contributed by atoms with Crippen molar-refractivity contribution in [1.29, 1.82) is 0 Å². The minimum atomic E-state index is -0.297. The van der Waals surface area contributed by atoms with Gasteiger partial charge in [-0.25, -0.2) is 0 Å². The van der Waals surface area contributed by atoms with Crippen molar-refractivity contribution in [3.8, 4) is 0 Å². The quantitative estimate of drug-likeness (QED) is 0.767. The number of Topliss-reactive ketones (excluding diaryl/α,β-unsaturated/α-hetero) is 1. The largest absolute Gasteiger partial charge is 0.299 e. The summed E-state index contributed by atoms with van der Waals surface area (Å²) in [6, 6.07) is 8.17. The van der Waals surface area contributed by atoms with Crippen LogP contribution in [0.2, 0.25) is 0 Å². The van der Waals surface area contributed by atoms with Gasteiger partial charge in [0.05, 0.1) is 0 Å². The van der Waals surface area contributed by atoms with E-state index in [1.165, 1.54) is 37.9 Å². The summed E-state index contributed by atoms with van der Waals surface area (Å²) in [5, 5.41) is 0. The van der Waals surface area contributed by atoms with E-state index in [2.05, 4.69) is 17.0 Å². The predicted molar refractivity (Wildman–Crippen MR) is 79.4 cm³/mol. The van der Waals surface area contributed by atoms with E-state index >= 15 is 0 Å². The summed E-state index contributed by atoms with van der Waals surface area (Å²) in [6.45, 7) is 9.35. The van der Waals surface area contributed by atoms with Crippen LogP contribution < -0.4 is 0 Å². The van der Waals surface area contributed by atoms with E-state index in [4.69, 9.17) is 0 Å². The zero-order valence-electron chi connectivity index (χ0n) is 12.4. The zero-order valence-corrected chi connectivity index (χ0v) is 12.4. The molecule has 1 aromatic rings. The second-order valence-electron chi connectivity index (χ2n) is 6.61. The third-order valence-electron chi connectivity index (χ3n) is 3.75. The molecule has 0 saturated carbocycles. The molecule has 1 aromatic carbocycles. The summed E-state index contributed by atoms with van der Waals surface area (Å²) in [7, 11) is 0. The van der Waals surface area contributed by atoms with Crippen molar-refractivity contribution in [3.63, 3.8) is 0 Å². The highest BCUT2D eigenvalue weighted by atomic mass is 16.1. The molecule has 0 unspecified atom stereocenters. The van der Waals surface area contributed by atoms with Crippen molar-refractivity contribution in [2.45, 2.75) is 46.6 Å². The minimum Gasteiger partial charge on any atom is -0.299 e. The molecule has 1 saturated heterocycles. The predicted octanol–water partition coefficient (Wildman–Crippen LogP) is 3.90. The standard InChI is InChI=1S/C17H25NO/c1-17(2,3)16(19)15-9-7-14(8-10-15)13-18-11-5-4-6-12-18/h7-10H,4-6,11-13H2,1-3H3. The molecule has 2 rings (SSSR count). The van der Waals surface area contributed by atoms with Crippen molar-refractivity contribution in [3.05, 3.63) is 35.4 Å². The Labute approximate surface area is 116 Å². The molecule has 0 aromatic heterocycles. The van der Waals surface area contributed by atoms with Gasteiger partial charge in [0.25, 0.3) is 0 Å². The van der Waals surface area contributed by atoms with Crippen molar-refractivity contribution >= 4 is 5.78 Å². The molecule has 0 aliphatic carbocycles. The van der Waals surface area contributed by atoms with Crippen LogP contribution in [0.5, 0.6) is 0 Å². The lowest BCUT2D eigenvalue weighted by Crippen LogP contribution is -2.29. The fourth-order valence-electron chi connectivity index (χ4n) is 2.57. The van der Waals surface area contributed by atoms with Gasteiger partial charge in [-0.2, -0.15) is 0 Å². The lowest BCUT2D eigenvalue weighted by molar-refractivity contribution is 0.0858. The van der Waals surface area contributed by atoms with Gasteiger partial charge < -0.3 is 0 Å². The molecule has 0 amide bonds. The van der Waals surface area contributed by atoms with Crippen LogP contribution in [-0.2, 0) is 6.54 Å². The normalized spacial score (nSPS) is 17.4. The monoisotopic (exact) mass is 259 g/mol. The van der Waals surface area contributed by atoms with Gasteiger partial charge in [0.1, 0.15) is 0 Å². The highest BCUT2D eigenvalue weighted by molar-refractivity contribution is 5.99. The van der Waals surface area contributed by atoms with Crippen LogP contribution in [0.25, 0.3) is 0 Å². The first-order valence-corrected chi connectivity index (χ1v) is 7.33. The molecule has 104 valence electrons. The summed E-state index contributed by atoms with van der Waals surface area (Å²) in [6.07, 6.45) is 4.01. The number of carbonyl (C=O) groups is 1. The van der Waals surface area contributed by atoms with Crippen LogP contribution in [0.4, 0.5) is 0 Å². The number of hydrogen-bond acceptors (Lipinski definition) is 2. The molecule has 0 radical (unpaired) electrons. The Bertz CT molecular complexity index is 422. The van der Waals surface area contributed by atoms with Gasteiger partial charge in [-0.15, -0.1) is 0 Å². The molecule has 19 heavy (non-hydrogen) atoms. The smallest absolute Gasteiger partial charge is 0.168 e. The summed E-state index contributed by atoms with van der Waals surface area (Å²) in [4.78, 5) is 14.7. The lowest BCUT2D eigenvalue weighted by Gasteiger charge is -2.26. The minimum absolute atomic E-state index is 0.219. The van der Waals surface area contributed by atoms with E-state index in [0.29, 0.717) is 0 Å². The van der Waals surface area contributed by atoms with Gasteiger partial charge in [0.2, 0.25) is 0 Å². The number of likely N-dealkylation sites (tertiary alicyclic amines) is 1. The van der Waals surface area contributed by atoms with E-state index in [1.54, 1.807) is 0 Å².